The van der Waals surface area contributed by atoms with Crippen LogP contribution in [0.2, 0.25) is 0 Å². The summed E-state index contributed by atoms with van der Waals surface area (Å²) in [6, 6.07) is 64.7. The van der Waals surface area contributed by atoms with E-state index in [4.69, 9.17) is 0 Å². The van der Waals surface area contributed by atoms with E-state index < -0.39 is 15.8 Å². The second kappa shape index (κ2) is 18.4. The molecule has 40 heavy (non-hydrogen) atoms. The molecule has 0 bridgehead atoms. The maximum absolute atomic E-state index is 2.23. The van der Waals surface area contributed by atoms with Crippen molar-refractivity contribution >= 4 is 117 Å². The van der Waals surface area contributed by atoms with Gasteiger partial charge in [0.05, 0.1) is 0 Å². The fraction of sp³-hybridized carbons (Fsp3) is 0. The normalized spacial score (nSPS) is 10.1. The van der Waals surface area contributed by atoms with Crippen LogP contribution in [0.4, 0.5) is 0 Å². The molecular formula is C36H31CsP2Ru. The van der Waals surface area contributed by atoms with Crippen LogP contribution in [0.3, 0.4) is 0 Å². The second-order valence-electron chi connectivity index (χ2n) is 8.68. The second-order valence-corrected chi connectivity index (χ2v) is 13.1. The Morgan fingerprint density at radius 1 is 0.225 bits per heavy atom. The summed E-state index contributed by atoms with van der Waals surface area (Å²) in [7, 11) is -0.892. The summed E-state index contributed by atoms with van der Waals surface area (Å²) in [6.07, 6.45) is 0. The van der Waals surface area contributed by atoms with E-state index in [0.717, 1.165) is 0 Å². The van der Waals surface area contributed by atoms with E-state index in [9.17, 15) is 0 Å². The van der Waals surface area contributed by atoms with Gasteiger partial charge in [-0.1, -0.05) is 182 Å². The van der Waals surface area contributed by atoms with Crippen molar-refractivity contribution in [3.05, 3.63) is 182 Å². The molecule has 0 aromatic heterocycles. The van der Waals surface area contributed by atoms with Crippen LogP contribution < -0.4 is 31.8 Å². The number of rotatable bonds is 6. The van der Waals surface area contributed by atoms with Crippen molar-refractivity contribution in [2.45, 2.75) is 0 Å². The molecule has 0 nitrogen and oxygen atoms in total. The molecule has 0 atom stereocenters. The molecule has 0 fully saturated rings. The standard InChI is InChI=1S/2C18H15P.Cs.Ru.H/c2*1-4-10-16(11-5-1)19(17-12-6-2-7-13-17)18-14-8-3-9-15-18;;;/h2*1-15H;;;. The summed E-state index contributed by atoms with van der Waals surface area (Å²) < 4.78 is 0. The molecule has 0 heterocycles. The van der Waals surface area contributed by atoms with Gasteiger partial charge in [0.25, 0.3) is 0 Å². The third-order valence-electron chi connectivity index (χ3n) is 6.09. The van der Waals surface area contributed by atoms with Crippen molar-refractivity contribution in [3.63, 3.8) is 0 Å². The predicted molar refractivity (Wildman–Crippen MR) is 177 cm³/mol. The Hall–Kier alpha value is -1.14. The third kappa shape index (κ3) is 9.44. The van der Waals surface area contributed by atoms with Gasteiger partial charge < -0.3 is 0 Å². The fourth-order valence-corrected chi connectivity index (χ4v) is 8.97. The van der Waals surface area contributed by atoms with E-state index in [-0.39, 0.29) is 88.4 Å². The first-order valence-electron chi connectivity index (χ1n) is 12.8. The summed E-state index contributed by atoms with van der Waals surface area (Å²) in [5.41, 5.74) is 0. The van der Waals surface area contributed by atoms with Gasteiger partial charge >= 0.3 is 68.9 Å². The van der Waals surface area contributed by atoms with E-state index in [1.165, 1.54) is 31.8 Å². The number of benzene rings is 6. The SMILES string of the molecule is [CsH].[Ru].c1ccc(P(c2ccccc2)c2ccccc2)cc1.c1ccc(P(c2ccccc2)c2ccccc2)cc1. The van der Waals surface area contributed by atoms with Crippen LogP contribution in [0.25, 0.3) is 0 Å². The van der Waals surface area contributed by atoms with Crippen molar-refractivity contribution in [2.75, 3.05) is 0 Å². The Labute approximate surface area is 313 Å². The Balaban J connectivity index is 0.000000210. The minimum absolute atomic E-state index is 0. The Bertz CT molecular complexity index is 1180. The number of hydrogen-bond donors (Lipinski definition) is 0. The molecule has 0 spiro atoms. The van der Waals surface area contributed by atoms with Gasteiger partial charge in [0.1, 0.15) is 0 Å². The van der Waals surface area contributed by atoms with Crippen LogP contribution in [0.5, 0.6) is 0 Å². The van der Waals surface area contributed by atoms with Crippen LogP contribution >= 0.6 is 15.8 Å². The van der Waals surface area contributed by atoms with Gasteiger partial charge in [-0.15, -0.1) is 0 Å². The summed E-state index contributed by atoms with van der Waals surface area (Å²) >= 11 is 0. The van der Waals surface area contributed by atoms with Gasteiger partial charge in [0.2, 0.25) is 0 Å². The molecule has 6 aromatic carbocycles. The smallest absolute Gasteiger partial charge is 0 e. The van der Waals surface area contributed by atoms with Gasteiger partial charge in [-0.05, 0) is 47.7 Å². The molecule has 0 aliphatic carbocycles. The molecule has 194 valence electrons. The third-order valence-corrected chi connectivity index (χ3v) is 11.0. The molecule has 0 amide bonds. The molecule has 0 saturated carbocycles. The average molecular weight is 760 g/mol. The van der Waals surface area contributed by atoms with Crippen molar-refractivity contribution in [1.29, 1.82) is 0 Å². The van der Waals surface area contributed by atoms with Crippen molar-refractivity contribution < 1.29 is 19.5 Å². The first-order valence-corrected chi connectivity index (χ1v) is 15.5. The van der Waals surface area contributed by atoms with Gasteiger partial charge in [0, 0.05) is 19.5 Å². The van der Waals surface area contributed by atoms with Crippen LogP contribution in [0.15, 0.2) is 182 Å². The Morgan fingerprint density at radius 2 is 0.350 bits per heavy atom. The van der Waals surface area contributed by atoms with E-state index in [0.29, 0.717) is 0 Å². The molecule has 0 saturated heterocycles. The molecule has 4 heteroatoms. The molecule has 6 rings (SSSR count). The van der Waals surface area contributed by atoms with Gasteiger partial charge in [0.15, 0.2) is 0 Å². The van der Waals surface area contributed by atoms with Crippen molar-refractivity contribution in [2.24, 2.45) is 0 Å². The van der Waals surface area contributed by atoms with Crippen LogP contribution in [0, 0.1) is 0 Å². The quantitative estimate of drug-likeness (QED) is 0.140. The van der Waals surface area contributed by atoms with E-state index >= 15 is 0 Å². The summed E-state index contributed by atoms with van der Waals surface area (Å²) in [6.45, 7) is 0. The maximum atomic E-state index is 2.23. The van der Waals surface area contributed by atoms with Crippen molar-refractivity contribution in [3.8, 4) is 0 Å². The zero-order valence-electron chi connectivity index (χ0n) is 21.6. The summed E-state index contributed by atoms with van der Waals surface area (Å²) in [5.74, 6) is 0. The maximum Gasteiger partial charge on any atom is 0 e. The Kier molecular flexibility index (Phi) is 15.3. The van der Waals surface area contributed by atoms with E-state index in [2.05, 4.69) is 182 Å². The zero-order valence-corrected chi connectivity index (χ0v) is 25.1. The topological polar surface area (TPSA) is 0 Å². The van der Waals surface area contributed by atoms with Gasteiger partial charge in [-0.25, -0.2) is 0 Å². The molecule has 0 aliphatic heterocycles. The van der Waals surface area contributed by atoms with E-state index in [1.54, 1.807) is 0 Å². The molecule has 6 aromatic rings. The minimum atomic E-state index is -0.446. The van der Waals surface area contributed by atoms with Gasteiger partial charge in [-0.2, -0.15) is 0 Å². The molecule has 0 unspecified atom stereocenters. The molecule has 0 aliphatic rings. The number of hydrogen-bond acceptors (Lipinski definition) is 0. The minimum Gasteiger partial charge on any atom is -0.0622 e. The Morgan fingerprint density at radius 3 is 0.475 bits per heavy atom. The average Bonchev–Trinajstić information content (AvgIpc) is 3.01. The molecular weight excluding hydrogens is 728 g/mol. The van der Waals surface area contributed by atoms with Crippen molar-refractivity contribution in [1.82, 2.24) is 0 Å². The molecule has 0 N–H and O–H groups in total. The first kappa shape index (κ1) is 33.4. The summed E-state index contributed by atoms with van der Waals surface area (Å²) in [5, 5.41) is 8.39. The first-order chi connectivity index (χ1) is 18.9. The molecule has 0 radical (unpaired) electrons. The van der Waals surface area contributed by atoms with Crippen LogP contribution in [0.1, 0.15) is 0 Å². The van der Waals surface area contributed by atoms with Crippen LogP contribution in [-0.4, -0.2) is 68.9 Å². The predicted octanol–water partition coefficient (Wildman–Crippen LogP) is 6.24. The zero-order chi connectivity index (χ0) is 25.8. The van der Waals surface area contributed by atoms with Gasteiger partial charge in [-0.3, -0.25) is 0 Å². The largest absolute Gasteiger partial charge is 0.0622 e. The van der Waals surface area contributed by atoms with Crippen LogP contribution in [-0.2, 0) is 19.5 Å². The summed E-state index contributed by atoms with van der Waals surface area (Å²) in [4.78, 5) is 0. The monoisotopic (exact) mass is 760 g/mol. The fourth-order valence-electron chi connectivity index (χ4n) is 4.36. The van der Waals surface area contributed by atoms with E-state index in [1.807, 2.05) is 0 Å².